The van der Waals surface area contributed by atoms with Crippen molar-refractivity contribution >= 4 is 23.6 Å². The molecule has 0 fully saturated rings. The Morgan fingerprint density at radius 3 is 2.65 bits per heavy atom. The molecule has 1 heterocycles. The molecule has 6 heteroatoms. The van der Waals surface area contributed by atoms with Crippen LogP contribution < -0.4 is 5.73 Å². The summed E-state index contributed by atoms with van der Waals surface area (Å²) in [6.45, 7) is 3.61. The van der Waals surface area contributed by atoms with Crippen LogP contribution in [0.1, 0.15) is 28.0 Å². The first kappa shape index (κ1) is 13.5. The predicted octanol–water partition coefficient (Wildman–Crippen LogP) is 1.36. The topological polar surface area (TPSA) is 93.3 Å². The van der Waals surface area contributed by atoms with Gasteiger partial charge in [-0.2, -0.15) is 0 Å². The largest absolute Gasteiger partial charge is 0.481 e. The number of carboxylic acids is 1. The molecule has 0 aliphatic carbocycles. The molecular formula is C11H14N2O3S. The van der Waals surface area contributed by atoms with E-state index in [0.29, 0.717) is 16.3 Å². The standard InChI is InChI=1S/C11H14N2O3S/c1-6-5-7(2)13-11(9(6)10(12)16)17-4-3-8(14)15/h5H,3-4H2,1-2H3,(H2,12,16)(H,14,15). The van der Waals surface area contributed by atoms with E-state index >= 15 is 0 Å². The van der Waals surface area contributed by atoms with Crippen molar-refractivity contribution in [3.8, 4) is 0 Å². The number of thioether (sulfide) groups is 1. The van der Waals surface area contributed by atoms with E-state index in [1.54, 1.807) is 13.0 Å². The van der Waals surface area contributed by atoms with Gasteiger partial charge in [0, 0.05) is 11.4 Å². The Bertz CT molecular complexity index is 460. The van der Waals surface area contributed by atoms with Crippen LogP contribution in [0, 0.1) is 13.8 Å². The van der Waals surface area contributed by atoms with Crippen molar-refractivity contribution in [2.45, 2.75) is 25.3 Å². The molecule has 0 atom stereocenters. The van der Waals surface area contributed by atoms with Crippen molar-refractivity contribution in [2.24, 2.45) is 5.73 Å². The van der Waals surface area contributed by atoms with Crippen molar-refractivity contribution in [3.05, 3.63) is 22.9 Å². The number of nitrogens with zero attached hydrogens (tertiary/aromatic N) is 1. The van der Waals surface area contributed by atoms with E-state index in [0.717, 1.165) is 11.3 Å². The van der Waals surface area contributed by atoms with Crippen molar-refractivity contribution in [2.75, 3.05) is 5.75 Å². The number of carbonyl (C=O) groups excluding carboxylic acids is 1. The van der Waals surface area contributed by atoms with Gasteiger partial charge in [-0.1, -0.05) is 0 Å². The van der Waals surface area contributed by atoms with Crippen molar-refractivity contribution < 1.29 is 14.7 Å². The van der Waals surface area contributed by atoms with E-state index in [9.17, 15) is 9.59 Å². The third kappa shape index (κ3) is 3.74. The average molecular weight is 254 g/mol. The minimum absolute atomic E-state index is 0.0253. The molecule has 0 aliphatic heterocycles. The highest BCUT2D eigenvalue weighted by Gasteiger charge is 2.14. The second-order valence-electron chi connectivity index (χ2n) is 3.62. The molecule has 0 radical (unpaired) electrons. The Labute approximate surface area is 103 Å². The molecule has 3 N–H and O–H groups in total. The van der Waals surface area contributed by atoms with Crippen LogP contribution in [0.4, 0.5) is 0 Å². The fourth-order valence-electron chi connectivity index (χ4n) is 1.44. The summed E-state index contributed by atoms with van der Waals surface area (Å²) in [6, 6.07) is 1.78. The lowest BCUT2D eigenvalue weighted by atomic mass is 10.1. The number of primary amides is 1. The molecule has 92 valence electrons. The smallest absolute Gasteiger partial charge is 0.304 e. The van der Waals surface area contributed by atoms with Gasteiger partial charge in [0.25, 0.3) is 5.91 Å². The van der Waals surface area contributed by atoms with Crippen LogP contribution in [-0.2, 0) is 4.79 Å². The van der Waals surface area contributed by atoms with Gasteiger partial charge in [-0.3, -0.25) is 9.59 Å². The second-order valence-corrected chi connectivity index (χ2v) is 4.70. The van der Waals surface area contributed by atoms with Crippen LogP contribution in [0.2, 0.25) is 0 Å². The number of hydrogen-bond donors (Lipinski definition) is 2. The molecule has 0 saturated heterocycles. The zero-order valence-corrected chi connectivity index (χ0v) is 10.5. The number of hydrogen-bond acceptors (Lipinski definition) is 4. The number of carbonyl (C=O) groups is 2. The molecule has 0 bridgehead atoms. The van der Waals surface area contributed by atoms with Crippen LogP contribution in [0.15, 0.2) is 11.1 Å². The molecule has 1 aromatic rings. The number of aryl methyl sites for hydroxylation is 2. The summed E-state index contributed by atoms with van der Waals surface area (Å²) in [7, 11) is 0. The first-order chi connectivity index (χ1) is 7.91. The zero-order valence-electron chi connectivity index (χ0n) is 9.69. The summed E-state index contributed by atoms with van der Waals surface area (Å²) in [5.74, 6) is -1.04. The Balaban J connectivity index is 2.96. The summed E-state index contributed by atoms with van der Waals surface area (Å²) in [6.07, 6.45) is 0.0253. The third-order valence-corrected chi connectivity index (χ3v) is 3.09. The first-order valence-electron chi connectivity index (χ1n) is 5.04. The van der Waals surface area contributed by atoms with Crippen LogP contribution in [0.5, 0.6) is 0 Å². The molecule has 0 unspecified atom stereocenters. The third-order valence-electron chi connectivity index (χ3n) is 2.11. The molecule has 1 aromatic heterocycles. The van der Waals surface area contributed by atoms with Gasteiger partial charge in [-0.25, -0.2) is 4.98 Å². The summed E-state index contributed by atoms with van der Waals surface area (Å²) < 4.78 is 0. The predicted molar refractivity (Wildman–Crippen MR) is 65.2 cm³/mol. The maximum atomic E-state index is 11.3. The van der Waals surface area contributed by atoms with E-state index in [4.69, 9.17) is 10.8 Å². The lowest BCUT2D eigenvalue weighted by Crippen LogP contribution is -2.15. The number of amides is 1. The van der Waals surface area contributed by atoms with Gasteiger partial charge in [-0.05, 0) is 25.5 Å². The maximum Gasteiger partial charge on any atom is 0.304 e. The number of carboxylic acid groups (broad SMARTS) is 1. The van der Waals surface area contributed by atoms with Gasteiger partial charge >= 0.3 is 5.97 Å². The number of pyridine rings is 1. The van der Waals surface area contributed by atoms with Gasteiger partial charge in [0.05, 0.1) is 12.0 Å². The van der Waals surface area contributed by atoms with Gasteiger partial charge < -0.3 is 10.8 Å². The Morgan fingerprint density at radius 2 is 2.12 bits per heavy atom. The normalized spacial score (nSPS) is 10.2. The molecule has 0 spiro atoms. The fourth-order valence-corrected chi connectivity index (χ4v) is 2.53. The zero-order chi connectivity index (χ0) is 13.0. The minimum atomic E-state index is -0.873. The second kappa shape index (κ2) is 5.67. The summed E-state index contributed by atoms with van der Waals surface area (Å²) >= 11 is 1.24. The van der Waals surface area contributed by atoms with Crippen LogP contribution in [-0.4, -0.2) is 27.7 Å². The van der Waals surface area contributed by atoms with E-state index in [2.05, 4.69) is 4.98 Å². The highest BCUT2D eigenvalue weighted by atomic mass is 32.2. The Morgan fingerprint density at radius 1 is 1.47 bits per heavy atom. The van der Waals surface area contributed by atoms with E-state index in [1.165, 1.54) is 11.8 Å². The molecule has 5 nitrogen and oxygen atoms in total. The van der Waals surface area contributed by atoms with Crippen LogP contribution >= 0.6 is 11.8 Å². The van der Waals surface area contributed by atoms with Crippen LogP contribution in [0.3, 0.4) is 0 Å². The number of nitrogens with two attached hydrogens (primary N) is 1. The monoisotopic (exact) mass is 254 g/mol. The highest BCUT2D eigenvalue weighted by Crippen LogP contribution is 2.24. The maximum absolute atomic E-state index is 11.3. The van der Waals surface area contributed by atoms with Gasteiger partial charge in [0.2, 0.25) is 0 Å². The van der Waals surface area contributed by atoms with E-state index < -0.39 is 11.9 Å². The minimum Gasteiger partial charge on any atom is -0.481 e. The van der Waals surface area contributed by atoms with Crippen molar-refractivity contribution in [3.63, 3.8) is 0 Å². The highest BCUT2D eigenvalue weighted by molar-refractivity contribution is 7.99. The van der Waals surface area contributed by atoms with Gasteiger partial charge in [0.1, 0.15) is 5.03 Å². The molecular weight excluding hydrogens is 240 g/mol. The first-order valence-corrected chi connectivity index (χ1v) is 6.03. The van der Waals surface area contributed by atoms with E-state index in [1.807, 2.05) is 6.92 Å². The summed E-state index contributed by atoms with van der Waals surface area (Å²) in [4.78, 5) is 25.9. The number of rotatable bonds is 5. The van der Waals surface area contributed by atoms with Gasteiger partial charge in [-0.15, -0.1) is 11.8 Å². The Hall–Kier alpha value is -1.56. The summed E-state index contributed by atoms with van der Waals surface area (Å²) in [5.41, 5.74) is 7.22. The van der Waals surface area contributed by atoms with Crippen molar-refractivity contribution in [1.29, 1.82) is 0 Å². The molecule has 1 rings (SSSR count). The van der Waals surface area contributed by atoms with Crippen LogP contribution in [0.25, 0.3) is 0 Å². The molecule has 0 saturated carbocycles. The van der Waals surface area contributed by atoms with Crippen molar-refractivity contribution in [1.82, 2.24) is 4.98 Å². The number of aromatic nitrogens is 1. The van der Waals surface area contributed by atoms with E-state index in [-0.39, 0.29) is 6.42 Å². The quantitative estimate of drug-likeness (QED) is 0.774. The number of aliphatic carboxylic acids is 1. The summed E-state index contributed by atoms with van der Waals surface area (Å²) in [5, 5.41) is 9.06. The Kier molecular flexibility index (Phi) is 4.51. The molecule has 1 amide bonds. The lowest BCUT2D eigenvalue weighted by molar-refractivity contribution is -0.136. The fraction of sp³-hybridized carbons (Fsp3) is 0.364. The lowest BCUT2D eigenvalue weighted by Gasteiger charge is -2.09. The molecule has 17 heavy (non-hydrogen) atoms. The SMILES string of the molecule is Cc1cc(C)c(C(N)=O)c(SCCC(=O)O)n1. The molecule has 0 aromatic carbocycles. The molecule has 0 aliphatic rings. The van der Waals surface area contributed by atoms with Gasteiger partial charge in [0.15, 0.2) is 0 Å². The average Bonchev–Trinajstić information content (AvgIpc) is 2.14.